The molecule has 1 fully saturated rings. The Kier molecular flexibility index (Phi) is 4.55. The highest BCUT2D eigenvalue weighted by molar-refractivity contribution is 5.77. The van der Waals surface area contributed by atoms with E-state index in [1.807, 2.05) is 0 Å². The highest BCUT2D eigenvalue weighted by atomic mass is 19.1. The SMILES string of the molecule is O=C(O)C1CCN(c2ncnc(-c3ccc(F)cc3)c2[N+](=O)[O-])CC1. The van der Waals surface area contributed by atoms with Gasteiger partial charge in [-0.05, 0) is 37.1 Å². The van der Waals surface area contributed by atoms with Gasteiger partial charge in [0.15, 0.2) is 5.69 Å². The fourth-order valence-electron chi connectivity index (χ4n) is 2.93. The minimum atomic E-state index is -0.858. The molecule has 2 aromatic rings. The van der Waals surface area contributed by atoms with Crippen molar-refractivity contribution >= 4 is 17.5 Å². The predicted molar refractivity (Wildman–Crippen MR) is 86.7 cm³/mol. The normalized spacial score (nSPS) is 15.2. The number of nitro groups is 1. The van der Waals surface area contributed by atoms with Crippen molar-refractivity contribution in [1.29, 1.82) is 0 Å². The number of halogens is 1. The molecule has 0 atom stereocenters. The number of nitrogens with zero attached hydrogens (tertiary/aromatic N) is 4. The van der Waals surface area contributed by atoms with Crippen molar-refractivity contribution in [2.24, 2.45) is 5.92 Å². The molecule has 2 heterocycles. The maximum atomic E-state index is 13.1. The van der Waals surface area contributed by atoms with Crippen molar-refractivity contribution in [2.75, 3.05) is 18.0 Å². The second kappa shape index (κ2) is 6.80. The summed E-state index contributed by atoms with van der Waals surface area (Å²) in [6.45, 7) is 0.718. The zero-order chi connectivity index (χ0) is 18.0. The minimum Gasteiger partial charge on any atom is -0.481 e. The van der Waals surface area contributed by atoms with Gasteiger partial charge in [0.05, 0.1) is 10.8 Å². The quantitative estimate of drug-likeness (QED) is 0.669. The molecule has 1 N–H and O–H groups in total. The lowest BCUT2D eigenvalue weighted by Crippen LogP contribution is -2.37. The first-order valence-corrected chi connectivity index (χ1v) is 7.70. The first-order chi connectivity index (χ1) is 12.0. The lowest BCUT2D eigenvalue weighted by molar-refractivity contribution is -0.383. The van der Waals surface area contributed by atoms with E-state index >= 15 is 0 Å². The van der Waals surface area contributed by atoms with Crippen LogP contribution in [0.15, 0.2) is 30.6 Å². The van der Waals surface area contributed by atoms with Crippen molar-refractivity contribution in [3.05, 3.63) is 46.5 Å². The summed E-state index contributed by atoms with van der Waals surface area (Å²) < 4.78 is 13.1. The largest absolute Gasteiger partial charge is 0.481 e. The molecule has 8 nitrogen and oxygen atoms in total. The molecule has 1 aliphatic rings. The average Bonchev–Trinajstić information content (AvgIpc) is 2.61. The van der Waals surface area contributed by atoms with Gasteiger partial charge in [-0.15, -0.1) is 0 Å². The Balaban J connectivity index is 1.98. The third-order valence-electron chi connectivity index (χ3n) is 4.25. The standard InChI is InChI=1S/C16H15FN4O4/c17-12-3-1-10(2-4-12)13-14(21(24)25)15(19-9-18-13)20-7-5-11(6-8-20)16(22)23/h1-4,9,11H,5-8H2,(H,22,23). The van der Waals surface area contributed by atoms with Crippen LogP contribution in [0, 0.1) is 21.8 Å². The molecule has 0 amide bonds. The molecule has 0 unspecified atom stereocenters. The van der Waals surface area contributed by atoms with E-state index in [0.29, 0.717) is 31.5 Å². The molecule has 0 aliphatic carbocycles. The first-order valence-electron chi connectivity index (χ1n) is 7.70. The van der Waals surface area contributed by atoms with Gasteiger partial charge in [0.2, 0.25) is 5.82 Å². The number of rotatable bonds is 4. The van der Waals surface area contributed by atoms with Crippen LogP contribution in [0.1, 0.15) is 12.8 Å². The van der Waals surface area contributed by atoms with Crippen molar-refractivity contribution < 1.29 is 19.2 Å². The summed E-state index contributed by atoms with van der Waals surface area (Å²) in [5.74, 6) is -1.60. The predicted octanol–water partition coefficient (Wildman–Crippen LogP) is 2.49. The van der Waals surface area contributed by atoms with Gasteiger partial charge in [0, 0.05) is 18.7 Å². The van der Waals surface area contributed by atoms with Crippen LogP contribution < -0.4 is 4.90 Å². The number of benzene rings is 1. The molecular weight excluding hydrogens is 331 g/mol. The van der Waals surface area contributed by atoms with Crippen LogP contribution >= 0.6 is 0 Å². The van der Waals surface area contributed by atoms with E-state index in [1.165, 1.54) is 30.6 Å². The molecule has 0 bridgehead atoms. The highest BCUT2D eigenvalue weighted by Gasteiger charge is 2.31. The van der Waals surface area contributed by atoms with E-state index in [0.717, 1.165) is 0 Å². The topological polar surface area (TPSA) is 109 Å². The van der Waals surface area contributed by atoms with E-state index in [4.69, 9.17) is 5.11 Å². The summed E-state index contributed by atoms with van der Waals surface area (Å²) in [6.07, 6.45) is 2.01. The molecule has 1 aromatic heterocycles. The van der Waals surface area contributed by atoms with Crippen LogP contribution in [-0.2, 0) is 4.79 Å². The smallest absolute Gasteiger partial charge is 0.337 e. The summed E-state index contributed by atoms with van der Waals surface area (Å²) in [7, 11) is 0. The third kappa shape index (κ3) is 3.39. The molecule has 1 saturated heterocycles. The van der Waals surface area contributed by atoms with Crippen molar-refractivity contribution in [3.8, 4) is 11.3 Å². The van der Waals surface area contributed by atoms with Gasteiger partial charge in [-0.2, -0.15) is 0 Å². The number of hydrogen-bond acceptors (Lipinski definition) is 6. The monoisotopic (exact) mass is 346 g/mol. The van der Waals surface area contributed by atoms with Gasteiger partial charge in [0.25, 0.3) is 0 Å². The Bertz CT molecular complexity index is 804. The van der Waals surface area contributed by atoms with E-state index in [2.05, 4.69) is 9.97 Å². The molecule has 0 saturated carbocycles. The number of carboxylic acids is 1. The van der Waals surface area contributed by atoms with Crippen LogP contribution in [0.4, 0.5) is 15.9 Å². The number of carbonyl (C=O) groups is 1. The number of aromatic nitrogens is 2. The van der Waals surface area contributed by atoms with Gasteiger partial charge in [0.1, 0.15) is 12.1 Å². The summed E-state index contributed by atoms with van der Waals surface area (Å²) in [6, 6.07) is 5.26. The zero-order valence-electron chi connectivity index (χ0n) is 13.1. The first kappa shape index (κ1) is 16.7. The van der Waals surface area contributed by atoms with Gasteiger partial charge in [-0.3, -0.25) is 14.9 Å². The number of anilines is 1. The lowest BCUT2D eigenvalue weighted by atomic mass is 9.97. The van der Waals surface area contributed by atoms with Crippen LogP contribution in [0.5, 0.6) is 0 Å². The molecule has 1 aliphatic heterocycles. The summed E-state index contributed by atoms with van der Waals surface area (Å²) in [5, 5.41) is 20.7. The van der Waals surface area contributed by atoms with Crippen LogP contribution in [-0.4, -0.2) is 39.1 Å². The van der Waals surface area contributed by atoms with Crippen LogP contribution in [0.2, 0.25) is 0 Å². The Hall–Kier alpha value is -3.10. The van der Waals surface area contributed by atoms with Crippen LogP contribution in [0.3, 0.4) is 0 Å². The maximum Gasteiger partial charge on any atom is 0.337 e. The molecule has 25 heavy (non-hydrogen) atoms. The summed E-state index contributed by atoms with van der Waals surface area (Å²) >= 11 is 0. The van der Waals surface area contributed by atoms with E-state index in [1.54, 1.807) is 4.90 Å². The zero-order valence-corrected chi connectivity index (χ0v) is 13.1. The van der Waals surface area contributed by atoms with Gasteiger partial charge in [-0.1, -0.05) is 0 Å². The highest BCUT2D eigenvalue weighted by Crippen LogP contribution is 2.36. The molecule has 130 valence electrons. The van der Waals surface area contributed by atoms with Crippen LogP contribution in [0.25, 0.3) is 11.3 Å². The molecular formula is C16H15FN4O4. The van der Waals surface area contributed by atoms with E-state index in [9.17, 15) is 19.3 Å². The average molecular weight is 346 g/mol. The lowest BCUT2D eigenvalue weighted by Gasteiger charge is -2.30. The van der Waals surface area contributed by atoms with E-state index < -0.39 is 22.6 Å². The van der Waals surface area contributed by atoms with Crippen molar-refractivity contribution in [3.63, 3.8) is 0 Å². The number of carboxylic acid groups (broad SMARTS) is 1. The fourth-order valence-corrected chi connectivity index (χ4v) is 2.93. The van der Waals surface area contributed by atoms with Gasteiger partial charge < -0.3 is 10.0 Å². The molecule has 0 spiro atoms. The second-order valence-corrected chi connectivity index (χ2v) is 5.76. The van der Waals surface area contributed by atoms with Gasteiger partial charge >= 0.3 is 11.7 Å². The second-order valence-electron chi connectivity index (χ2n) is 5.76. The van der Waals surface area contributed by atoms with Crippen molar-refractivity contribution in [2.45, 2.75) is 12.8 Å². The Morgan fingerprint density at radius 3 is 2.44 bits per heavy atom. The third-order valence-corrected chi connectivity index (χ3v) is 4.25. The molecule has 3 rings (SSSR count). The Morgan fingerprint density at radius 1 is 1.24 bits per heavy atom. The number of aliphatic carboxylic acids is 1. The summed E-state index contributed by atoms with van der Waals surface area (Å²) in [4.78, 5) is 31.9. The molecule has 1 aromatic carbocycles. The van der Waals surface area contributed by atoms with Gasteiger partial charge in [-0.25, -0.2) is 14.4 Å². The van der Waals surface area contributed by atoms with Crippen molar-refractivity contribution in [1.82, 2.24) is 9.97 Å². The Morgan fingerprint density at radius 2 is 1.88 bits per heavy atom. The molecule has 0 radical (unpaired) electrons. The maximum absolute atomic E-state index is 13.1. The minimum absolute atomic E-state index is 0.107. The molecule has 9 heteroatoms. The fraction of sp³-hybridized carbons (Fsp3) is 0.312. The van der Waals surface area contributed by atoms with E-state index in [-0.39, 0.29) is 17.2 Å². The Labute approximate surface area is 142 Å². The number of piperidine rings is 1. The number of hydrogen-bond donors (Lipinski definition) is 1. The summed E-state index contributed by atoms with van der Waals surface area (Å²) in [5.41, 5.74) is 0.260.